The number of amides is 3. The second-order valence-corrected chi connectivity index (χ2v) is 10.9. The number of hydrogen-bond donors (Lipinski definition) is 3. The zero-order valence-electron chi connectivity index (χ0n) is 26.0. The Kier molecular flexibility index (Phi) is 9.73. The van der Waals surface area contributed by atoms with Crippen LogP contribution in [0, 0.1) is 6.92 Å². The molecular weight excluding hydrogens is 615 g/mol. The monoisotopic (exact) mass is 649 g/mol. The van der Waals surface area contributed by atoms with Crippen molar-refractivity contribution >= 4 is 39.9 Å². The Morgan fingerprint density at radius 1 is 0.915 bits per heavy atom. The van der Waals surface area contributed by atoms with Gasteiger partial charge in [-0.2, -0.15) is 13.2 Å². The Balaban J connectivity index is 1.30. The number of fused-ring (bicyclic) bond motifs is 1. The summed E-state index contributed by atoms with van der Waals surface area (Å²) in [6.45, 7) is 5.92. The zero-order valence-corrected chi connectivity index (χ0v) is 26.0. The number of halogens is 3. The Hall–Kier alpha value is -5.46. The fourth-order valence-electron chi connectivity index (χ4n) is 5.38. The molecule has 0 spiro atoms. The lowest BCUT2D eigenvalue weighted by Crippen LogP contribution is -2.44. The van der Waals surface area contributed by atoms with E-state index in [2.05, 4.69) is 27.5 Å². The van der Waals surface area contributed by atoms with Gasteiger partial charge in [0.05, 0.1) is 25.3 Å². The zero-order chi connectivity index (χ0) is 33.7. The summed E-state index contributed by atoms with van der Waals surface area (Å²) >= 11 is 0. The largest absolute Gasteiger partial charge is 0.493 e. The number of aryl methyl sites for hydroxylation is 1. The van der Waals surface area contributed by atoms with Gasteiger partial charge < -0.3 is 35.1 Å². The summed E-state index contributed by atoms with van der Waals surface area (Å²) in [4.78, 5) is 30.5. The molecule has 1 saturated heterocycles. The van der Waals surface area contributed by atoms with E-state index in [4.69, 9.17) is 14.2 Å². The molecule has 0 atom stereocenters. The first-order valence-electron chi connectivity index (χ1n) is 14.8. The molecule has 246 valence electrons. The maximum atomic E-state index is 14.1. The van der Waals surface area contributed by atoms with Crippen LogP contribution >= 0.6 is 0 Å². The number of alkyl halides is 3. The standard InChI is InChI=1S/C34H34F3N5O5/c1-5-32(43)39-21-11-14-42(15-12-21)27-9-8-22(16-25(27)34(35,36)37)40-33(44)41-23-7-6-20(2)29(17-23)47-28-10-13-38-26-19-31(46-4)30(45-3)18-24(26)28/h5-10,13,16-19,21H,1,11-12,14-15H2,2-4H3,(H,39,43)(H2,40,41,44). The molecule has 1 fully saturated rings. The predicted molar refractivity (Wildman–Crippen MR) is 174 cm³/mol. The molecule has 13 heteroatoms. The predicted octanol–water partition coefficient (Wildman–Crippen LogP) is 7.29. The van der Waals surface area contributed by atoms with Crippen molar-refractivity contribution in [2.45, 2.75) is 32.0 Å². The van der Waals surface area contributed by atoms with Gasteiger partial charge in [0, 0.05) is 59.9 Å². The van der Waals surface area contributed by atoms with Gasteiger partial charge >= 0.3 is 12.2 Å². The van der Waals surface area contributed by atoms with Crippen LogP contribution in [0.15, 0.2) is 73.4 Å². The summed E-state index contributed by atoms with van der Waals surface area (Å²) in [5, 5.41) is 8.63. The number of pyridine rings is 1. The Morgan fingerprint density at radius 2 is 1.57 bits per heavy atom. The van der Waals surface area contributed by atoms with Gasteiger partial charge in [0.2, 0.25) is 5.91 Å². The molecule has 0 saturated carbocycles. The first kappa shape index (κ1) is 32.9. The number of piperidine rings is 1. The minimum atomic E-state index is -4.66. The molecule has 1 aliphatic rings. The summed E-state index contributed by atoms with van der Waals surface area (Å²) in [6.07, 6.45) is -0.918. The van der Waals surface area contributed by atoms with Gasteiger partial charge in [0.25, 0.3) is 0 Å². The van der Waals surface area contributed by atoms with Crippen molar-refractivity contribution < 1.29 is 37.0 Å². The first-order valence-corrected chi connectivity index (χ1v) is 14.8. The highest BCUT2D eigenvalue weighted by Crippen LogP contribution is 2.40. The first-order chi connectivity index (χ1) is 22.5. The quantitative estimate of drug-likeness (QED) is 0.163. The van der Waals surface area contributed by atoms with Gasteiger partial charge in [-0.1, -0.05) is 12.6 Å². The maximum Gasteiger partial charge on any atom is 0.418 e. The normalized spacial score (nSPS) is 13.5. The van der Waals surface area contributed by atoms with Crippen LogP contribution < -0.4 is 35.1 Å². The van der Waals surface area contributed by atoms with Crippen LogP contribution in [0.1, 0.15) is 24.0 Å². The van der Waals surface area contributed by atoms with E-state index in [1.54, 1.807) is 47.5 Å². The lowest BCUT2D eigenvalue weighted by molar-refractivity contribution is -0.137. The van der Waals surface area contributed by atoms with Crippen LogP contribution in [0.3, 0.4) is 0 Å². The smallest absolute Gasteiger partial charge is 0.418 e. The van der Waals surface area contributed by atoms with Gasteiger partial charge in [0.1, 0.15) is 11.5 Å². The fraction of sp³-hybridized carbons (Fsp3) is 0.265. The van der Waals surface area contributed by atoms with Crippen LogP contribution in [0.5, 0.6) is 23.0 Å². The molecule has 1 aromatic heterocycles. The molecule has 5 rings (SSSR count). The number of nitrogens with one attached hydrogen (secondary N) is 3. The molecular formula is C34H34F3N5O5. The highest BCUT2D eigenvalue weighted by atomic mass is 19.4. The van der Waals surface area contributed by atoms with Crippen molar-refractivity contribution in [3.63, 3.8) is 0 Å². The van der Waals surface area contributed by atoms with E-state index in [1.807, 2.05) is 6.92 Å². The number of hydrogen-bond acceptors (Lipinski definition) is 7. The molecule has 47 heavy (non-hydrogen) atoms. The van der Waals surface area contributed by atoms with E-state index in [0.717, 1.165) is 11.6 Å². The lowest BCUT2D eigenvalue weighted by Gasteiger charge is -2.35. The summed E-state index contributed by atoms with van der Waals surface area (Å²) < 4.78 is 59.5. The minimum absolute atomic E-state index is 0.0111. The van der Waals surface area contributed by atoms with Crippen molar-refractivity contribution in [2.24, 2.45) is 0 Å². The number of rotatable bonds is 9. The Morgan fingerprint density at radius 3 is 2.23 bits per heavy atom. The number of carbonyl (C=O) groups is 2. The van der Waals surface area contributed by atoms with E-state index in [-0.39, 0.29) is 23.3 Å². The molecule has 4 aromatic rings. The topological polar surface area (TPSA) is 114 Å². The Labute approximate surface area is 269 Å². The number of carbonyl (C=O) groups excluding carboxylic acids is 2. The molecule has 1 aliphatic heterocycles. The number of nitrogens with zero attached hydrogens (tertiary/aromatic N) is 2. The van der Waals surface area contributed by atoms with Crippen LogP contribution in [0.4, 0.5) is 35.0 Å². The maximum absolute atomic E-state index is 14.1. The highest BCUT2D eigenvalue weighted by molar-refractivity contribution is 6.00. The number of urea groups is 1. The number of anilines is 3. The third-order valence-corrected chi connectivity index (χ3v) is 7.80. The summed E-state index contributed by atoms with van der Waals surface area (Å²) in [5.41, 5.74) is 0.879. The minimum Gasteiger partial charge on any atom is -0.493 e. The molecule has 3 N–H and O–H groups in total. The average molecular weight is 650 g/mol. The van der Waals surface area contributed by atoms with Crippen LogP contribution in [0.2, 0.25) is 0 Å². The van der Waals surface area contributed by atoms with Crippen LogP contribution in [-0.4, -0.2) is 50.3 Å². The molecule has 0 aliphatic carbocycles. The van der Waals surface area contributed by atoms with Crippen LogP contribution in [-0.2, 0) is 11.0 Å². The van der Waals surface area contributed by atoms with E-state index in [1.165, 1.54) is 32.4 Å². The molecule has 10 nitrogen and oxygen atoms in total. The average Bonchev–Trinajstić information content (AvgIpc) is 3.05. The van der Waals surface area contributed by atoms with E-state index < -0.39 is 17.8 Å². The SMILES string of the molecule is C=CC(=O)NC1CCN(c2ccc(NC(=O)Nc3ccc(C)c(Oc4ccnc5cc(OC)c(OC)cc45)c3)cc2C(F)(F)F)CC1. The number of ether oxygens (including phenoxy) is 3. The fourth-order valence-corrected chi connectivity index (χ4v) is 5.38. The second kappa shape index (κ2) is 13.9. The lowest BCUT2D eigenvalue weighted by atomic mass is 10.0. The molecule has 3 aromatic carbocycles. The van der Waals surface area contributed by atoms with E-state index in [9.17, 15) is 22.8 Å². The van der Waals surface area contributed by atoms with Crippen molar-refractivity contribution in [1.82, 2.24) is 10.3 Å². The summed E-state index contributed by atoms with van der Waals surface area (Å²) in [7, 11) is 3.06. The summed E-state index contributed by atoms with van der Waals surface area (Å²) in [5.74, 6) is 1.65. The molecule has 2 heterocycles. The Bertz CT molecular complexity index is 1810. The van der Waals surface area contributed by atoms with Gasteiger partial charge in [-0.05, 0) is 67.8 Å². The molecule has 0 unspecified atom stereocenters. The number of benzene rings is 3. The van der Waals surface area contributed by atoms with Crippen molar-refractivity contribution in [1.29, 1.82) is 0 Å². The van der Waals surface area contributed by atoms with Gasteiger partial charge in [0.15, 0.2) is 11.5 Å². The van der Waals surface area contributed by atoms with Crippen LogP contribution in [0.25, 0.3) is 10.9 Å². The van der Waals surface area contributed by atoms with Crippen molar-refractivity contribution in [3.05, 3.63) is 84.6 Å². The highest BCUT2D eigenvalue weighted by Gasteiger charge is 2.36. The second-order valence-electron chi connectivity index (χ2n) is 10.9. The van der Waals surface area contributed by atoms with Gasteiger partial charge in [-0.3, -0.25) is 9.78 Å². The van der Waals surface area contributed by atoms with Gasteiger partial charge in [-0.15, -0.1) is 0 Å². The van der Waals surface area contributed by atoms with Crippen molar-refractivity contribution in [3.8, 4) is 23.0 Å². The van der Waals surface area contributed by atoms with Crippen molar-refractivity contribution in [2.75, 3.05) is 42.8 Å². The molecule has 0 bridgehead atoms. The van der Waals surface area contributed by atoms with E-state index >= 15 is 0 Å². The number of methoxy groups -OCH3 is 2. The van der Waals surface area contributed by atoms with E-state index in [0.29, 0.717) is 65.5 Å². The third-order valence-electron chi connectivity index (χ3n) is 7.80. The van der Waals surface area contributed by atoms with Gasteiger partial charge in [-0.25, -0.2) is 4.79 Å². The third kappa shape index (κ3) is 7.68. The number of aromatic nitrogens is 1. The molecule has 0 radical (unpaired) electrons. The molecule has 3 amide bonds. The summed E-state index contributed by atoms with van der Waals surface area (Å²) in [6, 6.07) is 13.0.